The zero-order valence-electron chi connectivity index (χ0n) is 21.9. The second-order valence-corrected chi connectivity index (χ2v) is 9.80. The predicted octanol–water partition coefficient (Wildman–Crippen LogP) is 3.05. The number of carbonyl (C=O) groups is 1. The van der Waals surface area contributed by atoms with Crippen LogP contribution in [0.25, 0.3) is 10.4 Å². The molecule has 1 amide bonds. The van der Waals surface area contributed by atoms with E-state index < -0.39 is 10.9 Å². The lowest BCUT2D eigenvalue weighted by Crippen LogP contribution is -2.44. The fraction of sp³-hybridized carbons (Fsp3) is 0.560. The third-order valence-electron chi connectivity index (χ3n) is 6.07. The third kappa shape index (κ3) is 8.47. The Morgan fingerprint density at radius 1 is 1.26 bits per heavy atom. The van der Waals surface area contributed by atoms with E-state index in [1.54, 1.807) is 7.11 Å². The SMILES string of the molecule is COc1ccc2c(c1)CCN(C(=O)[C@H](COCCOCCOCCN=[N+]=[N-])Sc1[nH]c(=O)ncc1C)[C@@H]2C. The zero-order chi connectivity index (χ0) is 27.3. The highest BCUT2D eigenvalue weighted by Gasteiger charge is 2.33. The molecule has 0 saturated heterocycles. The third-order valence-corrected chi connectivity index (χ3v) is 7.36. The van der Waals surface area contributed by atoms with Crippen molar-refractivity contribution in [1.29, 1.82) is 0 Å². The quantitative estimate of drug-likeness (QED) is 0.0894. The first-order chi connectivity index (χ1) is 18.4. The van der Waals surface area contributed by atoms with Crippen LogP contribution < -0.4 is 10.4 Å². The number of ether oxygens (including phenoxy) is 4. The molecule has 1 aliphatic heterocycles. The van der Waals surface area contributed by atoms with Crippen molar-refractivity contribution in [1.82, 2.24) is 14.9 Å². The lowest BCUT2D eigenvalue weighted by atomic mass is 9.93. The molecule has 13 heteroatoms. The Kier molecular flexibility index (Phi) is 11.9. The number of rotatable bonds is 15. The predicted molar refractivity (Wildman–Crippen MR) is 143 cm³/mol. The minimum atomic E-state index is -0.571. The average Bonchev–Trinajstić information content (AvgIpc) is 2.92. The maximum atomic E-state index is 13.8. The van der Waals surface area contributed by atoms with E-state index in [9.17, 15) is 9.59 Å². The molecule has 1 aromatic carbocycles. The zero-order valence-corrected chi connectivity index (χ0v) is 22.7. The van der Waals surface area contributed by atoms with Crippen molar-refractivity contribution in [3.8, 4) is 5.75 Å². The summed E-state index contributed by atoms with van der Waals surface area (Å²) in [6.07, 6.45) is 2.23. The summed E-state index contributed by atoms with van der Waals surface area (Å²) in [6.45, 7) is 6.61. The molecule has 2 atom stereocenters. The van der Waals surface area contributed by atoms with Crippen molar-refractivity contribution in [3.63, 3.8) is 0 Å². The number of aryl methyl sites for hydroxylation is 1. The van der Waals surface area contributed by atoms with Gasteiger partial charge in [0.25, 0.3) is 0 Å². The molecular formula is C25H34N6O6S. The Bertz CT molecular complexity index is 1170. The number of methoxy groups -OCH3 is 1. The van der Waals surface area contributed by atoms with Gasteiger partial charge in [-0.3, -0.25) is 4.79 Å². The summed E-state index contributed by atoms with van der Waals surface area (Å²) < 4.78 is 22.0. The van der Waals surface area contributed by atoms with Crippen LogP contribution in [0.15, 0.2) is 39.3 Å². The van der Waals surface area contributed by atoms with Gasteiger partial charge in [0.15, 0.2) is 0 Å². The number of aromatic amines is 1. The molecule has 2 heterocycles. The minimum Gasteiger partial charge on any atom is -0.497 e. The highest BCUT2D eigenvalue weighted by atomic mass is 32.2. The van der Waals surface area contributed by atoms with E-state index in [1.807, 2.05) is 36.9 Å². The summed E-state index contributed by atoms with van der Waals surface area (Å²) in [4.78, 5) is 36.6. The maximum Gasteiger partial charge on any atom is 0.345 e. The van der Waals surface area contributed by atoms with Crippen LogP contribution >= 0.6 is 11.8 Å². The van der Waals surface area contributed by atoms with Gasteiger partial charge < -0.3 is 28.8 Å². The second kappa shape index (κ2) is 15.4. The number of hydrogen-bond donors (Lipinski definition) is 1. The van der Waals surface area contributed by atoms with Gasteiger partial charge in [-0.2, -0.15) is 0 Å². The molecule has 2 aromatic rings. The molecule has 1 aliphatic rings. The van der Waals surface area contributed by atoms with Crippen LogP contribution in [0.2, 0.25) is 0 Å². The molecule has 1 aromatic heterocycles. The van der Waals surface area contributed by atoms with Crippen LogP contribution in [0.1, 0.15) is 29.7 Å². The molecule has 0 fully saturated rings. The van der Waals surface area contributed by atoms with Gasteiger partial charge in [0.1, 0.15) is 11.0 Å². The Hall–Kier alpha value is -3.09. The fourth-order valence-electron chi connectivity index (χ4n) is 4.06. The fourth-order valence-corrected chi connectivity index (χ4v) is 5.13. The van der Waals surface area contributed by atoms with Gasteiger partial charge in [0.05, 0.1) is 57.8 Å². The van der Waals surface area contributed by atoms with Crippen molar-refractivity contribution < 1.29 is 23.7 Å². The van der Waals surface area contributed by atoms with E-state index in [-0.39, 0.29) is 25.1 Å². The Balaban J connectivity index is 1.59. The molecule has 0 spiro atoms. The van der Waals surface area contributed by atoms with Gasteiger partial charge in [0.2, 0.25) is 5.91 Å². The second-order valence-electron chi connectivity index (χ2n) is 8.58. The minimum absolute atomic E-state index is 0.0598. The lowest BCUT2D eigenvalue weighted by Gasteiger charge is -2.37. The molecule has 1 N–H and O–H groups in total. The van der Waals surface area contributed by atoms with E-state index in [1.165, 1.54) is 23.5 Å². The van der Waals surface area contributed by atoms with Gasteiger partial charge in [-0.15, -0.1) is 0 Å². The average molecular weight is 547 g/mol. The number of azide groups is 1. The first kappa shape index (κ1) is 29.5. The van der Waals surface area contributed by atoms with Gasteiger partial charge in [-0.05, 0) is 54.6 Å². The monoisotopic (exact) mass is 546 g/mol. The summed E-state index contributed by atoms with van der Waals surface area (Å²) in [7, 11) is 1.64. The van der Waals surface area contributed by atoms with Crippen LogP contribution in [0.3, 0.4) is 0 Å². The number of H-pyrrole nitrogens is 1. The molecule has 3 rings (SSSR count). The molecule has 0 aliphatic carbocycles. The van der Waals surface area contributed by atoms with Gasteiger partial charge in [0, 0.05) is 24.2 Å². The molecule has 0 saturated carbocycles. The number of carbonyl (C=O) groups excluding carboxylic acids is 1. The number of fused-ring (bicyclic) bond motifs is 1. The van der Waals surface area contributed by atoms with Crippen LogP contribution in [-0.2, 0) is 25.4 Å². The van der Waals surface area contributed by atoms with Crippen molar-refractivity contribution in [2.75, 3.05) is 59.8 Å². The largest absolute Gasteiger partial charge is 0.497 e. The smallest absolute Gasteiger partial charge is 0.345 e. The molecule has 38 heavy (non-hydrogen) atoms. The number of hydrogen-bond acceptors (Lipinski definition) is 9. The van der Waals surface area contributed by atoms with E-state index in [0.29, 0.717) is 44.6 Å². The van der Waals surface area contributed by atoms with Crippen molar-refractivity contribution >= 4 is 17.7 Å². The summed E-state index contributed by atoms with van der Waals surface area (Å²) >= 11 is 1.28. The normalized spacial score (nSPS) is 15.4. The lowest BCUT2D eigenvalue weighted by molar-refractivity contribution is -0.134. The van der Waals surface area contributed by atoms with Crippen molar-refractivity contribution in [2.45, 2.75) is 36.6 Å². The van der Waals surface area contributed by atoms with Crippen molar-refractivity contribution in [3.05, 3.63) is 62.0 Å². The number of aromatic nitrogens is 2. The highest BCUT2D eigenvalue weighted by molar-refractivity contribution is 8.00. The van der Waals surface area contributed by atoms with Crippen molar-refractivity contribution in [2.24, 2.45) is 5.11 Å². The van der Waals surface area contributed by atoms with E-state index in [2.05, 4.69) is 20.0 Å². The van der Waals surface area contributed by atoms with Gasteiger partial charge >= 0.3 is 5.69 Å². The maximum absolute atomic E-state index is 13.8. The van der Waals surface area contributed by atoms with Gasteiger partial charge in [-0.25, -0.2) is 9.78 Å². The summed E-state index contributed by atoms with van der Waals surface area (Å²) in [5.41, 5.74) is 10.8. The number of thioether (sulfide) groups is 1. The van der Waals surface area contributed by atoms with Crippen LogP contribution in [0.5, 0.6) is 5.75 Å². The number of benzene rings is 1. The van der Waals surface area contributed by atoms with Crippen LogP contribution in [0.4, 0.5) is 0 Å². The Morgan fingerprint density at radius 2 is 2.00 bits per heavy atom. The first-order valence-corrected chi connectivity index (χ1v) is 13.3. The molecule has 0 unspecified atom stereocenters. The molecule has 12 nitrogen and oxygen atoms in total. The van der Waals surface area contributed by atoms with Crippen LogP contribution in [-0.4, -0.2) is 85.9 Å². The standard InChI is InChI=1S/C25H34N6O6S/c1-17-15-27-25(33)29-23(17)38-22(16-37-13-12-36-11-10-35-9-7-28-30-26)24(32)31-8-6-19-14-20(34-3)4-5-21(19)18(31)2/h4-5,14-15,18,22H,6-13,16H2,1-3H3,(H,27,29,33)/t18-,22+/m1/s1. The molecule has 0 radical (unpaired) electrons. The molecular weight excluding hydrogens is 512 g/mol. The van der Waals surface area contributed by atoms with E-state index in [4.69, 9.17) is 24.5 Å². The highest BCUT2D eigenvalue weighted by Crippen LogP contribution is 2.34. The summed E-state index contributed by atoms with van der Waals surface area (Å²) in [6, 6.07) is 5.84. The van der Waals surface area contributed by atoms with E-state index in [0.717, 1.165) is 23.3 Å². The summed E-state index contributed by atoms with van der Waals surface area (Å²) in [5, 5.41) is 3.41. The van der Waals surface area contributed by atoms with Gasteiger partial charge in [-0.1, -0.05) is 22.9 Å². The topological polar surface area (TPSA) is 152 Å². The number of amides is 1. The summed E-state index contributed by atoms with van der Waals surface area (Å²) in [5.74, 6) is 0.743. The first-order valence-electron chi connectivity index (χ1n) is 12.4. The number of nitrogens with one attached hydrogen (secondary N) is 1. The molecule has 206 valence electrons. The van der Waals surface area contributed by atoms with Crippen LogP contribution in [0, 0.1) is 6.92 Å². The van der Waals surface area contributed by atoms with E-state index >= 15 is 0 Å². The number of nitrogens with zero attached hydrogens (tertiary/aromatic N) is 5. The Labute approximate surface area is 225 Å². The Morgan fingerprint density at radius 3 is 2.74 bits per heavy atom. The molecule has 0 bridgehead atoms.